The van der Waals surface area contributed by atoms with Crippen LogP contribution >= 0.6 is 0 Å². The van der Waals surface area contributed by atoms with Gasteiger partial charge in [-0.2, -0.15) is 0 Å². The Labute approximate surface area is 94.1 Å². The fourth-order valence-corrected chi connectivity index (χ4v) is 1.66. The van der Waals surface area contributed by atoms with Crippen molar-refractivity contribution in [3.8, 4) is 0 Å². The first-order valence-corrected chi connectivity index (χ1v) is 5.68. The normalized spacial score (nSPS) is 11.6. The fraction of sp³-hybridized carbons (Fsp3) is 0.571. The van der Waals surface area contributed by atoms with Crippen LogP contribution in [-0.4, -0.2) is 13.6 Å². The zero-order valence-corrected chi connectivity index (χ0v) is 10.9. The molecule has 15 heavy (non-hydrogen) atoms. The topological polar surface area (TPSA) is 3.24 Å². The van der Waals surface area contributed by atoms with Crippen molar-refractivity contribution in [1.82, 2.24) is 0 Å². The Morgan fingerprint density at radius 2 is 1.80 bits per heavy atom. The lowest BCUT2D eigenvalue weighted by Gasteiger charge is -2.25. The van der Waals surface area contributed by atoms with Crippen LogP contribution < -0.4 is 4.90 Å². The molecule has 1 rings (SSSR count). The summed E-state index contributed by atoms with van der Waals surface area (Å²) < 4.78 is 0. The Kier molecular flexibility index (Phi) is 3.43. The molecule has 0 fully saturated rings. The third-order valence-electron chi connectivity index (χ3n) is 2.96. The third-order valence-corrected chi connectivity index (χ3v) is 2.96. The quantitative estimate of drug-likeness (QED) is 0.710. The van der Waals surface area contributed by atoms with E-state index in [1.165, 1.54) is 16.8 Å². The van der Waals surface area contributed by atoms with Gasteiger partial charge in [-0.05, 0) is 36.5 Å². The molecule has 0 aliphatic rings. The van der Waals surface area contributed by atoms with Crippen molar-refractivity contribution < 1.29 is 0 Å². The van der Waals surface area contributed by atoms with Crippen molar-refractivity contribution in [1.29, 1.82) is 0 Å². The maximum absolute atomic E-state index is 2.32. The van der Waals surface area contributed by atoms with Crippen molar-refractivity contribution >= 4 is 5.69 Å². The van der Waals surface area contributed by atoms with Crippen molar-refractivity contribution in [2.75, 3.05) is 18.5 Å². The molecule has 0 N–H and O–H groups in total. The molecule has 0 heterocycles. The number of rotatable bonds is 2. The molecule has 0 bridgehead atoms. The summed E-state index contributed by atoms with van der Waals surface area (Å²) in [4.78, 5) is 2.30. The molecule has 0 aromatic heterocycles. The molecule has 0 amide bonds. The van der Waals surface area contributed by atoms with Gasteiger partial charge in [0.1, 0.15) is 0 Å². The summed E-state index contributed by atoms with van der Waals surface area (Å²) in [5, 5.41) is 0. The summed E-state index contributed by atoms with van der Waals surface area (Å²) in [7, 11) is 2.15. The minimum absolute atomic E-state index is 0.233. The molecular formula is C14H23N. The van der Waals surface area contributed by atoms with Crippen LogP contribution in [0.25, 0.3) is 0 Å². The van der Waals surface area contributed by atoms with Gasteiger partial charge in [0.05, 0.1) is 0 Å². The standard InChI is InChI=1S/C14H23N/c1-7-15(6)13-10-12(14(3,4)5)9-8-11(13)2/h8-10H,7H2,1-6H3. The second kappa shape index (κ2) is 4.26. The van der Waals surface area contributed by atoms with Gasteiger partial charge in [-0.3, -0.25) is 0 Å². The highest BCUT2D eigenvalue weighted by Gasteiger charge is 2.15. The van der Waals surface area contributed by atoms with Gasteiger partial charge >= 0.3 is 0 Å². The van der Waals surface area contributed by atoms with Crippen molar-refractivity contribution in [2.24, 2.45) is 0 Å². The first-order chi connectivity index (χ1) is 6.86. The van der Waals surface area contributed by atoms with Crippen LogP contribution in [0.2, 0.25) is 0 Å². The molecule has 0 saturated carbocycles. The van der Waals surface area contributed by atoms with Crippen LogP contribution in [-0.2, 0) is 5.41 Å². The van der Waals surface area contributed by atoms with Crippen molar-refractivity contribution in [2.45, 2.75) is 40.0 Å². The molecule has 0 aliphatic heterocycles. The van der Waals surface area contributed by atoms with E-state index in [9.17, 15) is 0 Å². The number of hydrogen-bond acceptors (Lipinski definition) is 1. The highest BCUT2D eigenvalue weighted by atomic mass is 15.1. The van der Waals surface area contributed by atoms with Crippen molar-refractivity contribution in [3.63, 3.8) is 0 Å². The second-order valence-corrected chi connectivity index (χ2v) is 5.27. The summed E-state index contributed by atoms with van der Waals surface area (Å²) in [6.45, 7) is 12.2. The maximum Gasteiger partial charge on any atom is 0.0396 e. The molecule has 0 atom stereocenters. The zero-order chi connectivity index (χ0) is 11.6. The lowest BCUT2D eigenvalue weighted by Crippen LogP contribution is -2.19. The molecule has 84 valence electrons. The number of anilines is 1. The van der Waals surface area contributed by atoms with E-state index < -0.39 is 0 Å². The van der Waals surface area contributed by atoms with Gasteiger partial charge in [-0.25, -0.2) is 0 Å². The minimum atomic E-state index is 0.233. The third kappa shape index (κ3) is 2.74. The van der Waals surface area contributed by atoms with Crippen LogP contribution in [0.15, 0.2) is 18.2 Å². The van der Waals surface area contributed by atoms with Gasteiger partial charge in [-0.1, -0.05) is 32.9 Å². The second-order valence-electron chi connectivity index (χ2n) is 5.27. The average molecular weight is 205 g/mol. The Bertz CT molecular complexity index is 334. The molecule has 1 nitrogen and oxygen atoms in total. The summed E-state index contributed by atoms with van der Waals surface area (Å²) in [6, 6.07) is 6.78. The highest BCUT2D eigenvalue weighted by molar-refractivity contribution is 5.55. The Balaban J connectivity index is 3.17. The zero-order valence-electron chi connectivity index (χ0n) is 10.9. The Morgan fingerprint density at radius 1 is 1.20 bits per heavy atom. The first kappa shape index (κ1) is 12.1. The van der Waals surface area contributed by atoms with E-state index in [1.54, 1.807) is 0 Å². The van der Waals surface area contributed by atoms with Crippen LogP contribution in [0.1, 0.15) is 38.8 Å². The minimum Gasteiger partial charge on any atom is -0.375 e. The molecule has 0 aliphatic carbocycles. The van der Waals surface area contributed by atoms with E-state index in [-0.39, 0.29) is 5.41 Å². The van der Waals surface area contributed by atoms with E-state index >= 15 is 0 Å². The Hall–Kier alpha value is -0.980. The number of benzene rings is 1. The molecular weight excluding hydrogens is 182 g/mol. The summed E-state index contributed by atoms with van der Waals surface area (Å²) in [5.41, 5.74) is 4.34. The first-order valence-electron chi connectivity index (χ1n) is 5.68. The summed E-state index contributed by atoms with van der Waals surface area (Å²) in [5.74, 6) is 0. The average Bonchev–Trinajstić information content (AvgIpc) is 2.15. The van der Waals surface area contributed by atoms with E-state index in [4.69, 9.17) is 0 Å². The predicted molar refractivity (Wildman–Crippen MR) is 68.8 cm³/mol. The number of aryl methyl sites for hydroxylation is 1. The van der Waals surface area contributed by atoms with Gasteiger partial charge in [0, 0.05) is 19.3 Å². The SMILES string of the molecule is CCN(C)c1cc(C(C)(C)C)ccc1C. The monoisotopic (exact) mass is 205 g/mol. The highest BCUT2D eigenvalue weighted by Crippen LogP contribution is 2.28. The van der Waals surface area contributed by atoms with E-state index in [0.29, 0.717) is 0 Å². The van der Waals surface area contributed by atoms with Gasteiger partial charge in [-0.15, -0.1) is 0 Å². The molecule has 1 heteroatoms. The Morgan fingerprint density at radius 3 is 2.27 bits per heavy atom. The number of nitrogens with zero attached hydrogens (tertiary/aromatic N) is 1. The van der Waals surface area contributed by atoms with Gasteiger partial charge in [0.25, 0.3) is 0 Å². The molecule has 0 unspecified atom stereocenters. The van der Waals surface area contributed by atoms with Gasteiger partial charge in [0.15, 0.2) is 0 Å². The lowest BCUT2D eigenvalue weighted by molar-refractivity contribution is 0.590. The van der Waals surface area contributed by atoms with E-state index in [1.807, 2.05) is 0 Å². The molecule has 1 aromatic carbocycles. The van der Waals surface area contributed by atoms with E-state index in [0.717, 1.165) is 6.54 Å². The number of hydrogen-bond donors (Lipinski definition) is 0. The van der Waals surface area contributed by atoms with Crippen LogP contribution in [0.4, 0.5) is 5.69 Å². The fourth-order valence-electron chi connectivity index (χ4n) is 1.66. The van der Waals surface area contributed by atoms with Gasteiger partial charge in [0.2, 0.25) is 0 Å². The van der Waals surface area contributed by atoms with Crippen LogP contribution in [0, 0.1) is 6.92 Å². The molecule has 1 aromatic rings. The van der Waals surface area contributed by atoms with Gasteiger partial charge < -0.3 is 4.90 Å². The molecule has 0 saturated heterocycles. The lowest BCUT2D eigenvalue weighted by atomic mass is 9.86. The van der Waals surface area contributed by atoms with E-state index in [2.05, 4.69) is 64.8 Å². The van der Waals surface area contributed by atoms with Crippen LogP contribution in [0.3, 0.4) is 0 Å². The predicted octanol–water partition coefficient (Wildman–Crippen LogP) is 3.75. The molecule has 0 radical (unpaired) electrons. The summed E-state index contributed by atoms with van der Waals surface area (Å²) in [6.07, 6.45) is 0. The van der Waals surface area contributed by atoms with Crippen molar-refractivity contribution in [3.05, 3.63) is 29.3 Å². The maximum atomic E-state index is 2.32. The smallest absolute Gasteiger partial charge is 0.0396 e. The summed E-state index contributed by atoms with van der Waals surface area (Å²) >= 11 is 0. The van der Waals surface area contributed by atoms with Crippen LogP contribution in [0.5, 0.6) is 0 Å². The molecule has 0 spiro atoms. The largest absolute Gasteiger partial charge is 0.375 e.